The highest BCUT2D eigenvalue weighted by molar-refractivity contribution is 6.32. The highest BCUT2D eigenvalue weighted by Gasteiger charge is 2.29. The Hall–Kier alpha value is -2.31. The third-order valence-corrected chi connectivity index (χ3v) is 5.64. The smallest absolute Gasteiger partial charge is 0.322 e. The molecule has 29 heavy (non-hydrogen) atoms. The number of amides is 2. The normalized spacial score (nSPS) is 17.3. The number of pyridine rings is 1. The number of rotatable bonds is 5. The Kier molecular flexibility index (Phi) is 6.65. The first-order valence-corrected chi connectivity index (χ1v) is 10.2. The second-order valence-electron chi connectivity index (χ2n) is 8.12. The van der Waals surface area contributed by atoms with Gasteiger partial charge < -0.3 is 19.9 Å². The number of methoxy groups -OCH3 is 1. The molecule has 0 bridgehead atoms. The highest BCUT2D eigenvalue weighted by atomic mass is 35.5. The zero-order valence-corrected chi connectivity index (χ0v) is 18.2. The molecule has 2 aromatic rings. The fourth-order valence-corrected chi connectivity index (χ4v) is 3.95. The third-order valence-electron chi connectivity index (χ3n) is 5.35. The molecule has 1 atom stereocenters. The van der Waals surface area contributed by atoms with Gasteiger partial charge in [0.2, 0.25) is 0 Å². The van der Waals surface area contributed by atoms with Crippen LogP contribution in [-0.4, -0.2) is 55.3 Å². The van der Waals surface area contributed by atoms with Gasteiger partial charge >= 0.3 is 6.03 Å². The summed E-state index contributed by atoms with van der Waals surface area (Å²) >= 11 is 6.27. The van der Waals surface area contributed by atoms with E-state index in [1.54, 1.807) is 13.3 Å². The molecule has 1 aliphatic heterocycles. The SMILES string of the molecule is COCC(C)(C)c1ccc(NC(=O)N2CCN(c3ncccc3Cl)CC2C)cc1. The Morgan fingerprint density at radius 1 is 1.28 bits per heavy atom. The first kappa shape index (κ1) is 21.4. The number of anilines is 2. The quantitative estimate of drug-likeness (QED) is 0.784. The van der Waals surface area contributed by atoms with Crippen molar-refractivity contribution in [2.24, 2.45) is 0 Å². The highest BCUT2D eigenvalue weighted by Crippen LogP contribution is 2.26. The molecule has 1 saturated heterocycles. The van der Waals surface area contributed by atoms with Crippen LogP contribution in [0.3, 0.4) is 0 Å². The van der Waals surface area contributed by atoms with Gasteiger partial charge in [-0.1, -0.05) is 37.6 Å². The van der Waals surface area contributed by atoms with Gasteiger partial charge in [0.1, 0.15) is 5.82 Å². The van der Waals surface area contributed by atoms with Crippen LogP contribution in [0, 0.1) is 0 Å². The van der Waals surface area contributed by atoms with Crippen LogP contribution < -0.4 is 10.2 Å². The molecule has 1 fully saturated rings. The predicted molar refractivity (Wildman–Crippen MR) is 118 cm³/mol. The maximum Gasteiger partial charge on any atom is 0.322 e. The van der Waals surface area contributed by atoms with Crippen LogP contribution in [0.2, 0.25) is 5.02 Å². The first-order chi connectivity index (χ1) is 13.8. The standard InChI is InChI=1S/C22H29ClN4O2/c1-16-14-26(20-19(23)6-5-11-24-20)12-13-27(16)21(28)25-18-9-7-17(8-10-18)22(2,3)15-29-4/h5-11,16H,12-15H2,1-4H3,(H,25,28). The van der Waals surface area contributed by atoms with Gasteiger partial charge in [-0.2, -0.15) is 0 Å². The van der Waals surface area contributed by atoms with E-state index < -0.39 is 0 Å². The fraction of sp³-hybridized carbons (Fsp3) is 0.455. The molecule has 1 N–H and O–H groups in total. The molecular formula is C22H29ClN4O2. The molecule has 6 nitrogen and oxygen atoms in total. The van der Waals surface area contributed by atoms with Gasteiger partial charge in [-0.15, -0.1) is 0 Å². The van der Waals surface area contributed by atoms with Crippen LogP contribution in [0.4, 0.5) is 16.3 Å². The molecular weight excluding hydrogens is 388 g/mol. The molecule has 1 unspecified atom stereocenters. The van der Waals surface area contributed by atoms with Crippen LogP contribution in [0.5, 0.6) is 0 Å². The van der Waals surface area contributed by atoms with Crippen LogP contribution in [0.1, 0.15) is 26.3 Å². The lowest BCUT2D eigenvalue weighted by atomic mass is 9.85. The summed E-state index contributed by atoms with van der Waals surface area (Å²) in [6.07, 6.45) is 1.74. The maximum absolute atomic E-state index is 12.8. The number of benzene rings is 1. The molecule has 3 rings (SSSR count). The van der Waals surface area contributed by atoms with Crippen molar-refractivity contribution in [2.75, 3.05) is 43.6 Å². The second-order valence-corrected chi connectivity index (χ2v) is 8.53. The summed E-state index contributed by atoms with van der Waals surface area (Å²) in [5, 5.41) is 3.65. The van der Waals surface area contributed by atoms with E-state index in [0.717, 1.165) is 11.5 Å². The molecule has 1 aromatic heterocycles. The van der Waals surface area contributed by atoms with Crippen LogP contribution in [0.25, 0.3) is 0 Å². The Morgan fingerprint density at radius 2 is 2.00 bits per heavy atom. The summed E-state index contributed by atoms with van der Waals surface area (Å²) in [6, 6.07) is 11.6. The Labute approximate surface area is 177 Å². The molecule has 0 spiro atoms. The molecule has 7 heteroatoms. The maximum atomic E-state index is 12.8. The largest absolute Gasteiger partial charge is 0.384 e. The second kappa shape index (κ2) is 9.01. The minimum absolute atomic E-state index is 0.0433. The number of nitrogens with one attached hydrogen (secondary N) is 1. The van der Waals surface area contributed by atoms with Gasteiger partial charge in [0, 0.05) is 50.1 Å². The number of hydrogen-bond acceptors (Lipinski definition) is 4. The van der Waals surface area contributed by atoms with Gasteiger partial charge in [0.05, 0.1) is 11.6 Å². The van der Waals surface area contributed by atoms with Crippen molar-refractivity contribution in [3.05, 3.63) is 53.2 Å². The molecule has 2 heterocycles. The summed E-state index contributed by atoms with van der Waals surface area (Å²) in [5.74, 6) is 0.773. The Balaban J connectivity index is 1.61. The van der Waals surface area contributed by atoms with Crippen LogP contribution in [0.15, 0.2) is 42.6 Å². The third kappa shape index (κ3) is 5.00. The number of aromatic nitrogens is 1. The Morgan fingerprint density at radius 3 is 2.62 bits per heavy atom. The minimum Gasteiger partial charge on any atom is -0.384 e. The number of ether oxygens (including phenoxy) is 1. The van der Waals surface area contributed by atoms with E-state index in [-0.39, 0.29) is 17.5 Å². The number of halogens is 1. The van der Waals surface area contributed by atoms with E-state index in [4.69, 9.17) is 16.3 Å². The van der Waals surface area contributed by atoms with Crippen molar-refractivity contribution in [3.8, 4) is 0 Å². The fourth-order valence-electron chi connectivity index (χ4n) is 3.71. The van der Waals surface area contributed by atoms with E-state index in [9.17, 15) is 4.79 Å². The first-order valence-electron chi connectivity index (χ1n) is 9.84. The van der Waals surface area contributed by atoms with Gasteiger partial charge in [-0.05, 0) is 36.8 Å². The molecule has 0 saturated carbocycles. The minimum atomic E-state index is -0.0897. The average Bonchev–Trinajstić information content (AvgIpc) is 2.68. The van der Waals surface area contributed by atoms with Crippen molar-refractivity contribution < 1.29 is 9.53 Å². The monoisotopic (exact) mass is 416 g/mol. The summed E-state index contributed by atoms with van der Waals surface area (Å²) in [4.78, 5) is 21.2. The van der Waals surface area contributed by atoms with E-state index in [1.165, 1.54) is 5.56 Å². The van der Waals surface area contributed by atoms with Gasteiger partial charge in [0.25, 0.3) is 0 Å². The molecule has 0 aliphatic carbocycles. The summed E-state index contributed by atoms with van der Waals surface area (Å²) < 4.78 is 5.30. The van der Waals surface area contributed by atoms with Gasteiger partial charge in [0.15, 0.2) is 0 Å². The van der Waals surface area contributed by atoms with Crippen molar-refractivity contribution in [2.45, 2.75) is 32.2 Å². The number of carbonyl (C=O) groups excluding carboxylic acids is 1. The lowest BCUT2D eigenvalue weighted by Gasteiger charge is -2.40. The van der Waals surface area contributed by atoms with Crippen molar-refractivity contribution in [3.63, 3.8) is 0 Å². The van der Waals surface area contributed by atoms with Gasteiger partial charge in [-0.25, -0.2) is 9.78 Å². The topological polar surface area (TPSA) is 57.7 Å². The number of hydrogen-bond donors (Lipinski definition) is 1. The predicted octanol–water partition coefficient (Wildman–Crippen LogP) is 4.40. The summed E-state index contributed by atoms with van der Waals surface area (Å²) in [7, 11) is 1.71. The number of urea groups is 1. The van der Waals surface area contributed by atoms with Crippen LogP contribution in [-0.2, 0) is 10.2 Å². The lowest BCUT2D eigenvalue weighted by Crippen LogP contribution is -2.55. The van der Waals surface area contributed by atoms with E-state index in [0.29, 0.717) is 31.3 Å². The summed E-state index contributed by atoms with van der Waals surface area (Å²) in [5.41, 5.74) is 1.88. The van der Waals surface area contributed by atoms with Gasteiger partial charge in [-0.3, -0.25) is 0 Å². The number of nitrogens with zero attached hydrogens (tertiary/aromatic N) is 3. The Bertz CT molecular complexity index is 841. The van der Waals surface area contributed by atoms with E-state index >= 15 is 0 Å². The van der Waals surface area contributed by atoms with Crippen molar-refractivity contribution >= 4 is 29.1 Å². The molecule has 1 aliphatic rings. The number of carbonyl (C=O) groups is 1. The van der Waals surface area contributed by atoms with Crippen LogP contribution >= 0.6 is 11.6 Å². The van der Waals surface area contributed by atoms with Crippen molar-refractivity contribution in [1.82, 2.24) is 9.88 Å². The van der Waals surface area contributed by atoms with E-state index in [1.807, 2.05) is 48.2 Å². The molecule has 2 amide bonds. The lowest BCUT2D eigenvalue weighted by molar-refractivity contribution is 0.146. The average molecular weight is 417 g/mol. The van der Waals surface area contributed by atoms with Crippen molar-refractivity contribution in [1.29, 1.82) is 0 Å². The molecule has 156 valence electrons. The molecule has 0 radical (unpaired) electrons. The molecule has 1 aromatic carbocycles. The zero-order valence-electron chi connectivity index (χ0n) is 17.5. The van der Waals surface area contributed by atoms with E-state index in [2.05, 4.69) is 29.0 Å². The summed E-state index contributed by atoms with van der Waals surface area (Å²) in [6.45, 7) is 8.95. The number of piperazine rings is 1. The zero-order chi connectivity index (χ0) is 21.0.